The van der Waals surface area contributed by atoms with Gasteiger partial charge in [0.2, 0.25) is 11.8 Å². The normalized spacial score (nSPS) is 15.3. The van der Waals surface area contributed by atoms with Gasteiger partial charge in [-0.05, 0) is 49.4 Å². The van der Waals surface area contributed by atoms with Crippen molar-refractivity contribution in [1.82, 2.24) is 4.90 Å². The van der Waals surface area contributed by atoms with Crippen molar-refractivity contribution in [3.63, 3.8) is 0 Å². The predicted octanol–water partition coefficient (Wildman–Crippen LogP) is 4.52. The van der Waals surface area contributed by atoms with Gasteiger partial charge in [0.05, 0.1) is 0 Å². The Morgan fingerprint density at radius 1 is 1.11 bits per heavy atom. The minimum atomic E-state index is -0.0505. The lowest BCUT2D eigenvalue weighted by atomic mass is 9.85. The Morgan fingerprint density at radius 3 is 2.21 bits per heavy atom. The molecule has 0 radical (unpaired) electrons. The van der Waals surface area contributed by atoms with Gasteiger partial charge in [0.15, 0.2) is 0 Å². The number of nitrogens with zero attached hydrogens (tertiary/aromatic N) is 2. The van der Waals surface area contributed by atoms with E-state index in [-0.39, 0.29) is 29.7 Å². The number of hydrogen-bond donors (Lipinski definition) is 1. The first-order chi connectivity index (χ1) is 13.1. The zero-order valence-corrected chi connectivity index (χ0v) is 18.6. The quantitative estimate of drug-likeness (QED) is 0.713. The van der Waals surface area contributed by atoms with Crippen molar-refractivity contribution in [1.29, 1.82) is 0 Å². The first kappa shape index (κ1) is 22.3. The van der Waals surface area contributed by atoms with Crippen LogP contribution in [0.2, 0.25) is 0 Å². The molecule has 1 unspecified atom stereocenters. The average molecular weight is 388 g/mol. The molecule has 0 heterocycles. The summed E-state index contributed by atoms with van der Waals surface area (Å²) in [6.45, 7) is 10.8. The molecule has 156 valence electrons. The molecule has 2 rings (SSSR count). The van der Waals surface area contributed by atoms with Crippen LogP contribution in [0.3, 0.4) is 0 Å². The molecule has 2 amide bonds. The summed E-state index contributed by atoms with van der Waals surface area (Å²) in [4.78, 5) is 29.3. The molecule has 1 N–H and O–H groups in total. The monoisotopic (exact) mass is 387 g/mol. The maximum absolute atomic E-state index is 12.9. The summed E-state index contributed by atoms with van der Waals surface area (Å²) in [6.07, 6.45) is 3.11. The topological polar surface area (TPSA) is 52.7 Å². The lowest BCUT2D eigenvalue weighted by Crippen LogP contribution is -2.43. The van der Waals surface area contributed by atoms with Crippen LogP contribution in [-0.4, -0.2) is 36.9 Å². The summed E-state index contributed by atoms with van der Waals surface area (Å²) in [5, 5.41) is 3.07. The number of carbonyl (C=O) groups excluding carboxylic acids is 2. The van der Waals surface area contributed by atoms with Crippen LogP contribution in [0.4, 0.5) is 11.4 Å². The molecule has 1 aromatic rings. The van der Waals surface area contributed by atoms with E-state index in [0.29, 0.717) is 12.5 Å². The Balaban J connectivity index is 2.31. The molecule has 5 heteroatoms. The van der Waals surface area contributed by atoms with Crippen molar-refractivity contribution >= 4 is 23.2 Å². The highest BCUT2D eigenvalue weighted by Crippen LogP contribution is 2.30. The van der Waals surface area contributed by atoms with Crippen LogP contribution in [0, 0.1) is 17.8 Å². The molecule has 0 aliphatic heterocycles. The molecular formula is C23H37N3O2. The third-order valence-corrected chi connectivity index (χ3v) is 5.88. The fraction of sp³-hybridized carbons (Fsp3) is 0.652. The van der Waals surface area contributed by atoms with Crippen LogP contribution in [0.1, 0.15) is 59.4 Å². The number of nitrogens with one attached hydrogen (secondary N) is 1. The molecule has 28 heavy (non-hydrogen) atoms. The molecule has 1 aromatic carbocycles. The van der Waals surface area contributed by atoms with Crippen molar-refractivity contribution in [2.24, 2.45) is 17.8 Å². The van der Waals surface area contributed by atoms with Gasteiger partial charge >= 0.3 is 0 Å². The smallest absolute Gasteiger partial charge is 0.227 e. The number of rotatable bonds is 8. The SMILES string of the molecule is CC(C)C(=O)N(Cc1cc(NC(=O)C2CCC2)ccc1N(C)C)C(C)C(C)C. The molecule has 1 aliphatic rings. The van der Waals surface area contributed by atoms with E-state index in [1.54, 1.807) is 0 Å². The summed E-state index contributed by atoms with van der Waals surface area (Å²) in [5.74, 6) is 0.741. The van der Waals surface area contributed by atoms with E-state index >= 15 is 0 Å². The Hall–Kier alpha value is -2.04. The van der Waals surface area contributed by atoms with Crippen molar-refractivity contribution < 1.29 is 9.59 Å². The summed E-state index contributed by atoms with van der Waals surface area (Å²) >= 11 is 0. The Morgan fingerprint density at radius 2 is 1.75 bits per heavy atom. The van der Waals surface area contributed by atoms with Crippen molar-refractivity contribution in [3.05, 3.63) is 23.8 Å². The predicted molar refractivity (Wildman–Crippen MR) is 116 cm³/mol. The Bertz CT molecular complexity index is 693. The molecule has 1 atom stereocenters. The van der Waals surface area contributed by atoms with Crippen LogP contribution >= 0.6 is 0 Å². The first-order valence-corrected chi connectivity index (χ1v) is 10.5. The number of amides is 2. The number of benzene rings is 1. The highest BCUT2D eigenvalue weighted by atomic mass is 16.2. The van der Waals surface area contributed by atoms with Crippen LogP contribution in [-0.2, 0) is 16.1 Å². The zero-order chi connectivity index (χ0) is 21.0. The van der Waals surface area contributed by atoms with Gasteiger partial charge in [-0.3, -0.25) is 9.59 Å². The largest absolute Gasteiger partial charge is 0.377 e. The third kappa shape index (κ3) is 5.27. The van der Waals surface area contributed by atoms with E-state index in [9.17, 15) is 9.59 Å². The number of anilines is 2. The maximum Gasteiger partial charge on any atom is 0.227 e. The Labute approximate surface area is 170 Å². The number of hydrogen-bond acceptors (Lipinski definition) is 3. The first-order valence-electron chi connectivity index (χ1n) is 10.5. The Kier molecular flexibility index (Phi) is 7.50. The maximum atomic E-state index is 12.9. The van der Waals surface area contributed by atoms with E-state index in [1.807, 2.05) is 51.0 Å². The van der Waals surface area contributed by atoms with E-state index in [4.69, 9.17) is 0 Å². The lowest BCUT2D eigenvalue weighted by molar-refractivity contribution is -0.138. The van der Waals surface area contributed by atoms with Gasteiger partial charge in [-0.2, -0.15) is 0 Å². The van der Waals surface area contributed by atoms with Gasteiger partial charge in [0, 0.05) is 49.9 Å². The molecule has 5 nitrogen and oxygen atoms in total. The van der Waals surface area contributed by atoms with Gasteiger partial charge < -0.3 is 15.1 Å². The van der Waals surface area contributed by atoms with E-state index in [0.717, 1.165) is 36.2 Å². The molecule has 1 saturated carbocycles. The van der Waals surface area contributed by atoms with Crippen molar-refractivity contribution in [2.75, 3.05) is 24.3 Å². The van der Waals surface area contributed by atoms with Crippen LogP contribution in [0.5, 0.6) is 0 Å². The van der Waals surface area contributed by atoms with Crippen molar-refractivity contribution in [2.45, 2.75) is 66.5 Å². The molecule has 1 fully saturated rings. The van der Waals surface area contributed by atoms with Gasteiger partial charge in [-0.1, -0.05) is 34.1 Å². The van der Waals surface area contributed by atoms with Gasteiger partial charge in [0.1, 0.15) is 0 Å². The second-order valence-electron chi connectivity index (χ2n) is 8.96. The van der Waals surface area contributed by atoms with Crippen molar-refractivity contribution in [3.8, 4) is 0 Å². The summed E-state index contributed by atoms with van der Waals surface area (Å²) in [6, 6.07) is 6.15. The summed E-state index contributed by atoms with van der Waals surface area (Å²) < 4.78 is 0. The van der Waals surface area contributed by atoms with E-state index < -0.39 is 0 Å². The minimum absolute atomic E-state index is 0.0505. The van der Waals surface area contributed by atoms with Crippen LogP contribution in [0.15, 0.2) is 18.2 Å². The highest BCUT2D eigenvalue weighted by Gasteiger charge is 2.27. The van der Waals surface area contributed by atoms with Gasteiger partial charge in [0.25, 0.3) is 0 Å². The molecule has 0 spiro atoms. The highest BCUT2D eigenvalue weighted by molar-refractivity contribution is 5.93. The fourth-order valence-corrected chi connectivity index (χ4v) is 3.44. The molecular weight excluding hydrogens is 350 g/mol. The average Bonchev–Trinajstić information content (AvgIpc) is 2.56. The zero-order valence-electron chi connectivity index (χ0n) is 18.6. The van der Waals surface area contributed by atoms with Gasteiger partial charge in [-0.25, -0.2) is 0 Å². The molecule has 1 aliphatic carbocycles. The molecule has 0 saturated heterocycles. The standard InChI is InChI=1S/C23H37N3O2/c1-15(2)17(5)26(23(28)16(3)4)14-19-13-20(11-12-21(19)25(6)7)24-22(27)18-9-8-10-18/h11-13,15-18H,8-10,14H2,1-7H3,(H,24,27). The second kappa shape index (κ2) is 9.44. The molecule has 0 aromatic heterocycles. The van der Waals surface area contributed by atoms with Crippen LogP contribution in [0.25, 0.3) is 0 Å². The summed E-state index contributed by atoms with van der Waals surface area (Å²) in [5.41, 5.74) is 2.93. The molecule has 0 bridgehead atoms. The van der Waals surface area contributed by atoms with Gasteiger partial charge in [-0.15, -0.1) is 0 Å². The minimum Gasteiger partial charge on any atom is -0.377 e. The number of carbonyl (C=O) groups is 2. The second-order valence-corrected chi connectivity index (χ2v) is 8.96. The van der Waals surface area contributed by atoms with Crippen LogP contribution < -0.4 is 10.2 Å². The van der Waals surface area contributed by atoms with E-state index in [1.165, 1.54) is 0 Å². The fourth-order valence-electron chi connectivity index (χ4n) is 3.44. The lowest BCUT2D eigenvalue weighted by Gasteiger charge is -2.34. The third-order valence-electron chi connectivity index (χ3n) is 5.88. The van der Waals surface area contributed by atoms with E-state index in [2.05, 4.69) is 31.0 Å². The summed E-state index contributed by atoms with van der Waals surface area (Å²) in [7, 11) is 4.01.